The number of pyridine rings is 1. The van der Waals surface area contributed by atoms with Crippen LogP contribution in [0.15, 0.2) is 41.3 Å². The average molecular weight is 198 g/mol. The zero-order valence-corrected chi connectivity index (χ0v) is 8.82. The van der Waals surface area contributed by atoms with Gasteiger partial charge in [0.1, 0.15) is 0 Å². The van der Waals surface area contributed by atoms with Crippen molar-refractivity contribution < 1.29 is 0 Å². The average Bonchev–Trinajstić information content (AvgIpc) is 2.23. The molecule has 0 spiro atoms. The molecule has 1 heterocycles. The van der Waals surface area contributed by atoms with E-state index in [1.807, 2.05) is 44.3 Å². The fourth-order valence-corrected chi connectivity index (χ4v) is 1.44. The van der Waals surface area contributed by atoms with Gasteiger partial charge in [0.15, 0.2) is 0 Å². The van der Waals surface area contributed by atoms with Crippen LogP contribution in [0, 0.1) is 19.9 Å². The topological polar surface area (TPSA) is 22.0 Å². The first kappa shape index (κ1) is 9.71. The fraction of sp³-hybridized carbons (Fsp3) is 0.154. The molecule has 0 N–H and O–H groups in total. The zero-order chi connectivity index (χ0) is 10.8. The van der Waals surface area contributed by atoms with Crippen molar-refractivity contribution in [1.29, 1.82) is 0 Å². The van der Waals surface area contributed by atoms with Crippen molar-refractivity contribution in [3.8, 4) is 5.69 Å². The highest BCUT2D eigenvalue weighted by molar-refractivity contribution is 5.34. The van der Waals surface area contributed by atoms with Gasteiger partial charge in [0, 0.05) is 18.0 Å². The predicted molar refractivity (Wildman–Crippen MR) is 60.3 cm³/mol. The summed E-state index contributed by atoms with van der Waals surface area (Å²) in [5.41, 5.74) is 2.97. The summed E-state index contributed by atoms with van der Waals surface area (Å²) >= 11 is 0. The molecule has 0 aliphatic heterocycles. The number of hydrogen-bond donors (Lipinski definition) is 0. The van der Waals surface area contributed by atoms with E-state index in [9.17, 15) is 4.79 Å². The predicted octanol–water partition coefficient (Wildman–Crippen LogP) is 2.25. The van der Waals surface area contributed by atoms with Crippen LogP contribution in [0.1, 0.15) is 11.1 Å². The van der Waals surface area contributed by atoms with E-state index < -0.39 is 0 Å². The van der Waals surface area contributed by atoms with Crippen LogP contribution in [0.25, 0.3) is 5.69 Å². The molecule has 0 saturated heterocycles. The molecular formula is C13H12NO. The Bertz CT molecular complexity index is 523. The molecule has 0 aliphatic carbocycles. The van der Waals surface area contributed by atoms with Gasteiger partial charge in [-0.05, 0) is 43.2 Å². The molecule has 0 amide bonds. The standard InChI is InChI=1S/C13H12NO/c1-10-3-6-12(7-4-10)14-9-11(2)5-8-13(14)15/h3,5-9H,1-2H3. The van der Waals surface area contributed by atoms with Gasteiger partial charge in [0.2, 0.25) is 0 Å². The molecule has 1 radical (unpaired) electrons. The van der Waals surface area contributed by atoms with Crippen molar-refractivity contribution >= 4 is 0 Å². The molecule has 2 nitrogen and oxygen atoms in total. The van der Waals surface area contributed by atoms with Crippen LogP contribution in [0.5, 0.6) is 0 Å². The molecule has 0 atom stereocenters. The van der Waals surface area contributed by atoms with E-state index in [-0.39, 0.29) is 5.56 Å². The largest absolute Gasteiger partial charge is 0.284 e. The highest BCUT2D eigenvalue weighted by Gasteiger charge is 1.98. The first-order chi connectivity index (χ1) is 7.16. The van der Waals surface area contributed by atoms with Crippen molar-refractivity contribution in [3.63, 3.8) is 0 Å². The summed E-state index contributed by atoms with van der Waals surface area (Å²) in [6.45, 7) is 3.94. The summed E-state index contributed by atoms with van der Waals surface area (Å²) in [4.78, 5) is 11.6. The van der Waals surface area contributed by atoms with Gasteiger partial charge in [0.25, 0.3) is 5.56 Å². The third-order valence-corrected chi connectivity index (χ3v) is 2.29. The summed E-state index contributed by atoms with van der Waals surface area (Å²) in [7, 11) is 0. The van der Waals surface area contributed by atoms with Crippen LogP contribution in [0.4, 0.5) is 0 Å². The molecule has 15 heavy (non-hydrogen) atoms. The number of hydrogen-bond acceptors (Lipinski definition) is 1. The number of rotatable bonds is 1. The summed E-state index contributed by atoms with van der Waals surface area (Å²) in [6, 6.07) is 12.2. The van der Waals surface area contributed by atoms with Crippen molar-refractivity contribution in [1.82, 2.24) is 4.57 Å². The maximum absolute atomic E-state index is 11.6. The lowest BCUT2D eigenvalue weighted by molar-refractivity contribution is 0.975. The third-order valence-electron chi connectivity index (χ3n) is 2.29. The first-order valence-electron chi connectivity index (χ1n) is 4.85. The third kappa shape index (κ3) is 1.99. The first-order valence-corrected chi connectivity index (χ1v) is 4.85. The Hall–Kier alpha value is -1.83. The maximum atomic E-state index is 11.6. The van der Waals surface area contributed by atoms with Gasteiger partial charge in [-0.25, -0.2) is 0 Å². The highest BCUT2D eigenvalue weighted by atomic mass is 16.1. The highest BCUT2D eigenvalue weighted by Crippen LogP contribution is 2.07. The Balaban J connectivity index is 2.58. The van der Waals surface area contributed by atoms with E-state index in [0.717, 1.165) is 16.8 Å². The monoisotopic (exact) mass is 198 g/mol. The van der Waals surface area contributed by atoms with E-state index in [4.69, 9.17) is 0 Å². The summed E-state index contributed by atoms with van der Waals surface area (Å²) in [6.07, 6.45) is 1.83. The Morgan fingerprint density at radius 1 is 1.13 bits per heavy atom. The maximum Gasteiger partial charge on any atom is 0.255 e. The molecule has 75 valence electrons. The minimum Gasteiger partial charge on any atom is -0.284 e. The molecule has 0 bridgehead atoms. The fourth-order valence-electron chi connectivity index (χ4n) is 1.44. The summed E-state index contributed by atoms with van der Waals surface area (Å²) in [5.74, 6) is 0. The molecule has 1 aromatic heterocycles. The number of benzene rings is 1. The van der Waals surface area contributed by atoms with Crippen LogP contribution in [0.3, 0.4) is 0 Å². The molecule has 2 heteroatoms. The summed E-state index contributed by atoms with van der Waals surface area (Å²) < 4.78 is 1.63. The van der Waals surface area contributed by atoms with E-state index in [1.165, 1.54) is 0 Å². The van der Waals surface area contributed by atoms with Crippen LogP contribution < -0.4 is 5.56 Å². The number of aromatic nitrogens is 1. The Labute approximate surface area is 88.8 Å². The Kier molecular flexibility index (Phi) is 2.42. The molecule has 1 aromatic carbocycles. The quantitative estimate of drug-likeness (QED) is 0.689. The van der Waals surface area contributed by atoms with Crippen molar-refractivity contribution in [3.05, 3.63) is 64.1 Å². The van der Waals surface area contributed by atoms with Gasteiger partial charge in [-0.15, -0.1) is 0 Å². The number of nitrogens with zero attached hydrogens (tertiary/aromatic N) is 1. The van der Waals surface area contributed by atoms with Crippen LogP contribution in [0.2, 0.25) is 0 Å². The van der Waals surface area contributed by atoms with Crippen LogP contribution >= 0.6 is 0 Å². The minimum atomic E-state index is -0.0159. The molecule has 0 unspecified atom stereocenters. The second-order valence-electron chi connectivity index (χ2n) is 3.64. The molecule has 0 saturated carbocycles. The summed E-state index contributed by atoms with van der Waals surface area (Å²) in [5, 5.41) is 0. The molecule has 0 fully saturated rings. The van der Waals surface area contributed by atoms with E-state index in [2.05, 4.69) is 6.07 Å². The SMILES string of the molecule is Cc1[c]cc(-n2cc(C)ccc2=O)cc1. The zero-order valence-electron chi connectivity index (χ0n) is 8.82. The molecule has 2 rings (SSSR count). The minimum absolute atomic E-state index is 0.0159. The lowest BCUT2D eigenvalue weighted by Gasteiger charge is -2.06. The van der Waals surface area contributed by atoms with Gasteiger partial charge < -0.3 is 0 Å². The van der Waals surface area contributed by atoms with Gasteiger partial charge in [0.05, 0.1) is 0 Å². The van der Waals surface area contributed by atoms with E-state index in [0.29, 0.717) is 0 Å². The second-order valence-corrected chi connectivity index (χ2v) is 3.64. The normalized spacial score (nSPS) is 10.3. The molecule has 0 aliphatic rings. The van der Waals surface area contributed by atoms with Gasteiger partial charge in [-0.2, -0.15) is 0 Å². The van der Waals surface area contributed by atoms with Crippen LogP contribution in [-0.2, 0) is 0 Å². The Morgan fingerprint density at radius 2 is 1.93 bits per heavy atom. The molecule has 2 aromatic rings. The second kappa shape index (κ2) is 3.73. The van der Waals surface area contributed by atoms with Crippen molar-refractivity contribution in [2.45, 2.75) is 13.8 Å². The van der Waals surface area contributed by atoms with Crippen LogP contribution in [-0.4, -0.2) is 4.57 Å². The van der Waals surface area contributed by atoms with E-state index >= 15 is 0 Å². The lowest BCUT2D eigenvalue weighted by atomic mass is 10.2. The number of aryl methyl sites for hydroxylation is 2. The lowest BCUT2D eigenvalue weighted by Crippen LogP contribution is -2.16. The van der Waals surface area contributed by atoms with Gasteiger partial charge in [-0.3, -0.25) is 9.36 Å². The van der Waals surface area contributed by atoms with Crippen molar-refractivity contribution in [2.75, 3.05) is 0 Å². The molecular weight excluding hydrogens is 186 g/mol. The van der Waals surface area contributed by atoms with Gasteiger partial charge >= 0.3 is 0 Å². The van der Waals surface area contributed by atoms with E-state index in [1.54, 1.807) is 10.6 Å². The van der Waals surface area contributed by atoms with Crippen molar-refractivity contribution in [2.24, 2.45) is 0 Å². The van der Waals surface area contributed by atoms with Gasteiger partial charge in [-0.1, -0.05) is 12.1 Å². The smallest absolute Gasteiger partial charge is 0.255 e. The Morgan fingerprint density at radius 3 is 2.60 bits per heavy atom.